The highest BCUT2D eigenvalue weighted by Gasteiger charge is 2.27. The first-order valence-electron chi connectivity index (χ1n) is 11.4. The van der Waals surface area contributed by atoms with Crippen molar-refractivity contribution < 1.29 is 9.18 Å². The molecular formula is C25H25ClFN7O. The maximum atomic E-state index is 15.4. The van der Waals surface area contributed by atoms with Crippen molar-refractivity contribution in [2.45, 2.75) is 19.8 Å². The Morgan fingerprint density at radius 3 is 2.57 bits per heavy atom. The highest BCUT2D eigenvalue weighted by molar-refractivity contribution is 6.34. The lowest BCUT2D eigenvalue weighted by molar-refractivity contribution is 0.0635. The van der Waals surface area contributed by atoms with E-state index in [-0.39, 0.29) is 10.6 Å². The van der Waals surface area contributed by atoms with Crippen LogP contribution in [-0.2, 0) is 6.42 Å². The number of aromatic nitrogens is 3. The van der Waals surface area contributed by atoms with Gasteiger partial charge >= 0.3 is 0 Å². The van der Waals surface area contributed by atoms with Crippen molar-refractivity contribution in [3.05, 3.63) is 58.9 Å². The average Bonchev–Trinajstić information content (AvgIpc) is 2.87. The van der Waals surface area contributed by atoms with Gasteiger partial charge in [0.15, 0.2) is 0 Å². The van der Waals surface area contributed by atoms with Gasteiger partial charge in [-0.25, -0.2) is 19.3 Å². The molecule has 0 saturated carbocycles. The summed E-state index contributed by atoms with van der Waals surface area (Å²) < 4.78 is 15.4. The summed E-state index contributed by atoms with van der Waals surface area (Å²) in [6, 6.07) is 8.48. The number of halogens is 2. The molecule has 8 nitrogen and oxygen atoms in total. The van der Waals surface area contributed by atoms with Gasteiger partial charge in [0, 0.05) is 62.0 Å². The van der Waals surface area contributed by atoms with Gasteiger partial charge in [0.1, 0.15) is 18.0 Å². The third-order valence-electron chi connectivity index (χ3n) is 6.06. The molecule has 2 N–H and O–H groups in total. The zero-order valence-corrected chi connectivity index (χ0v) is 20.1. The van der Waals surface area contributed by atoms with Crippen LogP contribution in [0.4, 0.5) is 10.2 Å². The predicted octanol–water partition coefficient (Wildman–Crippen LogP) is 3.81. The summed E-state index contributed by atoms with van der Waals surface area (Å²) in [6.45, 7) is 4.78. The van der Waals surface area contributed by atoms with E-state index in [0.717, 1.165) is 11.3 Å². The van der Waals surface area contributed by atoms with Crippen molar-refractivity contribution in [3.63, 3.8) is 0 Å². The quantitative estimate of drug-likeness (QED) is 0.555. The fraction of sp³-hybridized carbons (Fsp3) is 0.320. The molecule has 1 fully saturated rings. The van der Waals surface area contributed by atoms with Crippen molar-refractivity contribution in [1.82, 2.24) is 24.8 Å². The summed E-state index contributed by atoms with van der Waals surface area (Å²) in [6.07, 6.45) is 4.12. The number of benzene rings is 1. The first-order chi connectivity index (χ1) is 16.9. The first kappa shape index (κ1) is 24.5. The topological polar surface area (TPSA) is 112 Å². The molecule has 1 saturated heterocycles. The molecule has 0 spiro atoms. The lowest BCUT2D eigenvalue weighted by Crippen LogP contribution is -2.49. The zero-order chi connectivity index (χ0) is 24.9. The van der Waals surface area contributed by atoms with Crippen LogP contribution in [0.1, 0.15) is 29.4 Å². The second kappa shape index (κ2) is 10.8. The maximum absolute atomic E-state index is 15.4. The van der Waals surface area contributed by atoms with Crippen molar-refractivity contribution in [2.75, 3.05) is 38.5 Å². The Labute approximate surface area is 208 Å². The Morgan fingerprint density at radius 1 is 1.17 bits per heavy atom. The number of aryl methyl sites for hydroxylation is 1. The maximum Gasteiger partial charge on any atom is 0.258 e. The van der Waals surface area contributed by atoms with E-state index in [1.165, 1.54) is 12.4 Å². The third kappa shape index (κ3) is 5.24. The Morgan fingerprint density at radius 2 is 1.94 bits per heavy atom. The summed E-state index contributed by atoms with van der Waals surface area (Å²) >= 11 is 6.48. The van der Waals surface area contributed by atoms with Crippen LogP contribution in [0.3, 0.4) is 0 Å². The van der Waals surface area contributed by atoms with Crippen LogP contribution in [-0.4, -0.2) is 63.4 Å². The number of anilines is 1. The molecule has 1 amide bonds. The zero-order valence-electron chi connectivity index (χ0n) is 19.3. The molecule has 0 bridgehead atoms. The molecule has 3 aromatic rings. The normalized spacial score (nSPS) is 14.1. The number of nitrogen functional groups attached to an aromatic ring is 1. The summed E-state index contributed by atoms with van der Waals surface area (Å²) in [4.78, 5) is 29.8. The van der Waals surface area contributed by atoms with Gasteiger partial charge in [0.25, 0.3) is 5.91 Å². The highest BCUT2D eigenvalue weighted by atomic mass is 35.5. The molecular weight excluding hydrogens is 469 g/mol. The molecule has 0 unspecified atom stereocenters. The number of carbonyl (C=O) groups excluding carboxylic acids is 1. The van der Waals surface area contributed by atoms with E-state index in [4.69, 9.17) is 22.6 Å². The Balaban J connectivity index is 1.66. The molecule has 2 aromatic heterocycles. The van der Waals surface area contributed by atoms with Crippen LogP contribution in [0, 0.1) is 17.1 Å². The number of nitrogens with zero attached hydrogens (tertiary/aromatic N) is 6. The van der Waals surface area contributed by atoms with Gasteiger partial charge in [-0.2, -0.15) is 5.26 Å². The van der Waals surface area contributed by atoms with Crippen molar-refractivity contribution in [2.24, 2.45) is 0 Å². The van der Waals surface area contributed by atoms with Crippen molar-refractivity contribution >= 4 is 23.3 Å². The summed E-state index contributed by atoms with van der Waals surface area (Å²) in [5, 5.41) is 8.78. The fourth-order valence-electron chi connectivity index (χ4n) is 4.22. The number of nitrogens with two attached hydrogens (primary N) is 1. The van der Waals surface area contributed by atoms with E-state index in [1.807, 2.05) is 13.0 Å². The standard InChI is InChI=1S/C25H25ClFN7O/c1-2-20-22(16-4-5-21(29)30-14-16)24(32-15-31-20)17-12-18(26)23(19(27)13-17)25(35)34-10-8-33(9-11-34)7-3-6-28/h4-5,12-15H,2-3,7-11H2,1H3,(H2,29,30). The van der Waals surface area contributed by atoms with E-state index in [2.05, 4.69) is 25.9 Å². The lowest BCUT2D eigenvalue weighted by Gasteiger charge is -2.34. The van der Waals surface area contributed by atoms with Gasteiger partial charge < -0.3 is 10.6 Å². The van der Waals surface area contributed by atoms with Crippen LogP contribution in [0.2, 0.25) is 5.02 Å². The molecule has 1 aliphatic heterocycles. The molecule has 0 atom stereocenters. The van der Waals surface area contributed by atoms with Gasteiger partial charge in [-0.05, 0) is 30.7 Å². The van der Waals surface area contributed by atoms with Gasteiger partial charge in [-0.15, -0.1) is 0 Å². The highest BCUT2D eigenvalue weighted by Crippen LogP contribution is 2.35. The van der Waals surface area contributed by atoms with Gasteiger partial charge in [-0.3, -0.25) is 9.69 Å². The number of hydrogen-bond donors (Lipinski definition) is 1. The molecule has 1 aliphatic rings. The smallest absolute Gasteiger partial charge is 0.258 e. The van der Waals surface area contributed by atoms with E-state index < -0.39 is 11.7 Å². The van der Waals surface area contributed by atoms with E-state index in [0.29, 0.717) is 68.2 Å². The molecule has 180 valence electrons. The molecule has 1 aromatic carbocycles. The van der Waals surface area contributed by atoms with Gasteiger partial charge in [0.05, 0.1) is 28.0 Å². The lowest BCUT2D eigenvalue weighted by atomic mass is 9.96. The predicted molar refractivity (Wildman–Crippen MR) is 132 cm³/mol. The van der Waals surface area contributed by atoms with Crippen molar-refractivity contribution in [3.8, 4) is 28.5 Å². The van der Waals surface area contributed by atoms with E-state index in [9.17, 15) is 4.79 Å². The number of pyridine rings is 1. The summed E-state index contributed by atoms with van der Waals surface area (Å²) in [5.74, 6) is -0.769. The number of amides is 1. The SMILES string of the molecule is CCc1ncnc(-c2cc(F)c(C(=O)N3CCN(CCC#N)CC3)c(Cl)c2)c1-c1ccc(N)nc1. The third-order valence-corrected chi connectivity index (χ3v) is 6.36. The number of hydrogen-bond acceptors (Lipinski definition) is 7. The largest absolute Gasteiger partial charge is 0.384 e. The van der Waals surface area contributed by atoms with Crippen LogP contribution >= 0.6 is 11.6 Å². The van der Waals surface area contributed by atoms with Crippen LogP contribution < -0.4 is 5.73 Å². The minimum Gasteiger partial charge on any atom is -0.384 e. The molecule has 3 heterocycles. The second-order valence-corrected chi connectivity index (χ2v) is 8.63. The first-order valence-corrected chi connectivity index (χ1v) is 11.7. The van der Waals surface area contributed by atoms with E-state index >= 15 is 4.39 Å². The van der Waals surface area contributed by atoms with Crippen LogP contribution in [0.25, 0.3) is 22.4 Å². The molecule has 10 heteroatoms. The number of carbonyl (C=O) groups is 1. The second-order valence-electron chi connectivity index (χ2n) is 8.23. The Bertz CT molecular complexity index is 1240. The minimum absolute atomic E-state index is 0.0231. The van der Waals surface area contributed by atoms with Gasteiger partial charge in [0.2, 0.25) is 0 Å². The molecule has 35 heavy (non-hydrogen) atoms. The average molecular weight is 494 g/mol. The summed E-state index contributed by atoms with van der Waals surface area (Å²) in [7, 11) is 0. The van der Waals surface area contributed by atoms with Crippen molar-refractivity contribution in [1.29, 1.82) is 5.26 Å². The van der Waals surface area contributed by atoms with Crippen LogP contribution in [0.5, 0.6) is 0 Å². The van der Waals surface area contributed by atoms with Crippen LogP contribution in [0.15, 0.2) is 36.8 Å². The molecule has 0 aliphatic carbocycles. The summed E-state index contributed by atoms with van der Waals surface area (Å²) in [5.41, 5.74) is 8.75. The monoisotopic (exact) mass is 493 g/mol. The number of piperazine rings is 1. The number of rotatable bonds is 6. The van der Waals surface area contributed by atoms with E-state index in [1.54, 1.807) is 23.2 Å². The molecule has 4 rings (SSSR count). The Kier molecular flexibility index (Phi) is 7.54. The fourth-order valence-corrected chi connectivity index (χ4v) is 4.51. The molecule has 0 radical (unpaired) electrons. The Hall–Kier alpha value is -3.61. The van der Waals surface area contributed by atoms with Gasteiger partial charge in [-0.1, -0.05) is 18.5 Å². The minimum atomic E-state index is -0.706. The number of nitriles is 1.